The Morgan fingerprint density at radius 2 is 1.92 bits per heavy atom. The molecule has 0 saturated heterocycles. The van der Waals surface area contributed by atoms with Crippen molar-refractivity contribution in [2.24, 2.45) is 0 Å². The van der Waals surface area contributed by atoms with Gasteiger partial charge in [-0.15, -0.1) is 0 Å². The van der Waals surface area contributed by atoms with Crippen LogP contribution in [0.15, 0.2) is 65.3 Å². The molecule has 0 atom stereocenters. The number of aromatic nitrogens is 3. The van der Waals surface area contributed by atoms with Gasteiger partial charge in [-0.05, 0) is 48.5 Å². The van der Waals surface area contributed by atoms with Crippen LogP contribution in [-0.2, 0) is 11.2 Å². The van der Waals surface area contributed by atoms with Gasteiger partial charge in [0.2, 0.25) is 5.89 Å². The molecule has 0 aliphatic rings. The fraction of sp³-hybridized carbons (Fsp3) is 0.0526. The first-order chi connectivity index (χ1) is 12.7. The van der Waals surface area contributed by atoms with Gasteiger partial charge >= 0.3 is 5.97 Å². The number of rotatable bonds is 4. The first-order valence-corrected chi connectivity index (χ1v) is 7.80. The van der Waals surface area contributed by atoms with E-state index < -0.39 is 11.8 Å². The van der Waals surface area contributed by atoms with Crippen LogP contribution in [0.25, 0.3) is 22.7 Å². The molecule has 0 saturated carbocycles. The van der Waals surface area contributed by atoms with Crippen LogP contribution in [0.1, 0.15) is 5.69 Å². The third kappa shape index (κ3) is 3.41. The molecule has 4 rings (SSSR count). The Labute approximate surface area is 147 Å². The molecule has 128 valence electrons. The molecule has 26 heavy (non-hydrogen) atoms. The summed E-state index contributed by atoms with van der Waals surface area (Å²) in [6.45, 7) is 0. The van der Waals surface area contributed by atoms with Crippen LogP contribution in [0, 0.1) is 5.82 Å². The molecule has 0 radical (unpaired) electrons. The summed E-state index contributed by atoms with van der Waals surface area (Å²) in [6.07, 6.45) is 3.17. The maximum absolute atomic E-state index is 12.9. The molecule has 0 spiro atoms. The molecule has 0 fully saturated rings. The predicted molar refractivity (Wildman–Crippen MR) is 90.8 cm³/mol. The minimum absolute atomic E-state index is 0.0380. The number of nitrogens with zero attached hydrogens (tertiary/aromatic N) is 3. The van der Waals surface area contributed by atoms with Crippen molar-refractivity contribution in [1.29, 1.82) is 0 Å². The van der Waals surface area contributed by atoms with Crippen molar-refractivity contribution >= 4 is 17.2 Å². The Kier molecular flexibility index (Phi) is 4.10. The van der Waals surface area contributed by atoms with Gasteiger partial charge in [0.15, 0.2) is 11.2 Å². The van der Waals surface area contributed by atoms with Crippen LogP contribution in [0.2, 0.25) is 0 Å². The second-order valence-corrected chi connectivity index (χ2v) is 5.48. The molecule has 0 amide bonds. The van der Waals surface area contributed by atoms with Crippen LogP contribution in [0.5, 0.6) is 5.75 Å². The molecule has 0 bridgehead atoms. The van der Waals surface area contributed by atoms with E-state index in [9.17, 15) is 9.18 Å². The number of pyridine rings is 2. The standard InChI is InChI=1S/C19H12FN3O3/c20-13-3-5-15(6-4-13)25-17(24)11-14-10-12(7-9-21-14)19-23-18-16(26-19)2-1-8-22-18/h1-10H,11H2. The highest BCUT2D eigenvalue weighted by molar-refractivity contribution is 5.76. The van der Waals surface area contributed by atoms with E-state index in [1.807, 2.05) is 0 Å². The van der Waals surface area contributed by atoms with E-state index in [0.717, 1.165) is 0 Å². The summed E-state index contributed by atoms with van der Waals surface area (Å²) in [7, 11) is 0. The quantitative estimate of drug-likeness (QED) is 0.414. The zero-order valence-electron chi connectivity index (χ0n) is 13.4. The number of benzene rings is 1. The number of carbonyl (C=O) groups is 1. The number of oxazole rings is 1. The maximum atomic E-state index is 12.9. The lowest BCUT2D eigenvalue weighted by atomic mass is 10.2. The summed E-state index contributed by atoms with van der Waals surface area (Å²) < 4.78 is 23.7. The minimum Gasteiger partial charge on any atom is -0.434 e. The summed E-state index contributed by atoms with van der Waals surface area (Å²) in [5, 5.41) is 0. The molecule has 3 heterocycles. The van der Waals surface area contributed by atoms with E-state index in [1.54, 1.807) is 36.7 Å². The van der Waals surface area contributed by atoms with E-state index in [0.29, 0.717) is 28.4 Å². The maximum Gasteiger partial charge on any atom is 0.317 e. The Morgan fingerprint density at radius 1 is 1.08 bits per heavy atom. The summed E-state index contributed by atoms with van der Waals surface area (Å²) in [5.41, 5.74) is 2.28. The largest absolute Gasteiger partial charge is 0.434 e. The molecular weight excluding hydrogens is 337 g/mol. The zero-order chi connectivity index (χ0) is 17.9. The summed E-state index contributed by atoms with van der Waals surface area (Å²) in [4.78, 5) is 24.7. The normalized spacial score (nSPS) is 10.8. The van der Waals surface area contributed by atoms with Crippen LogP contribution in [0.4, 0.5) is 4.39 Å². The smallest absolute Gasteiger partial charge is 0.317 e. The fourth-order valence-corrected chi connectivity index (χ4v) is 2.42. The lowest BCUT2D eigenvalue weighted by molar-refractivity contribution is -0.133. The second-order valence-electron chi connectivity index (χ2n) is 5.48. The topological polar surface area (TPSA) is 78.1 Å². The van der Waals surface area contributed by atoms with Gasteiger partial charge < -0.3 is 9.15 Å². The predicted octanol–water partition coefficient (Wildman–Crippen LogP) is 3.57. The molecule has 0 aliphatic carbocycles. The molecule has 1 aromatic carbocycles. The van der Waals surface area contributed by atoms with Gasteiger partial charge in [0.25, 0.3) is 0 Å². The molecule has 6 nitrogen and oxygen atoms in total. The number of hydrogen-bond acceptors (Lipinski definition) is 6. The van der Waals surface area contributed by atoms with Crippen LogP contribution in [-0.4, -0.2) is 20.9 Å². The molecule has 4 aromatic rings. The van der Waals surface area contributed by atoms with E-state index >= 15 is 0 Å². The Morgan fingerprint density at radius 3 is 2.73 bits per heavy atom. The van der Waals surface area contributed by atoms with Crippen molar-refractivity contribution in [2.75, 3.05) is 0 Å². The molecule has 0 aliphatic heterocycles. The first kappa shape index (κ1) is 15.9. The van der Waals surface area contributed by atoms with Gasteiger partial charge in [-0.1, -0.05) is 0 Å². The van der Waals surface area contributed by atoms with Crippen LogP contribution in [0.3, 0.4) is 0 Å². The summed E-state index contributed by atoms with van der Waals surface area (Å²) >= 11 is 0. The average molecular weight is 349 g/mol. The van der Waals surface area contributed by atoms with E-state index in [1.165, 1.54) is 24.3 Å². The van der Waals surface area contributed by atoms with Gasteiger partial charge in [-0.3, -0.25) is 9.78 Å². The highest BCUT2D eigenvalue weighted by atomic mass is 19.1. The molecular formula is C19H12FN3O3. The molecule has 7 heteroatoms. The van der Waals surface area contributed by atoms with Crippen LogP contribution >= 0.6 is 0 Å². The summed E-state index contributed by atoms with van der Waals surface area (Å²) in [6, 6.07) is 12.2. The van der Waals surface area contributed by atoms with Crippen LogP contribution < -0.4 is 4.74 Å². The SMILES string of the molecule is O=C(Cc1cc(-c2nc3ncccc3o2)ccn1)Oc1ccc(F)cc1. The highest BCUT2D eigenvalue weighted by Gasteiger charge is 2.12. The molecule has 0 unspecified atom stereocenters. The van der Waals surface area contributed by atoms with Crippen molar-refractivity contribution in [3.05, 3.63) is 72.4 Å². The van der Waals surface area contributed by atoms with Gasteiger partial charge in [-0.25, -0.2) is 9.37 Å². The monoisotopic (exact) mass is 349 g/mol. The molecule has 0 N–H and O–H groups in total. The Balaban J connectivity index is 1.51. The van der Waals surface area contributed by atoms with E-state index in [2.05, 4.69) is 15.0 Å². The summed E-state index contributed by atoms with van der Waals surface area (Å²) in [5.74, 6) is -0.223. The number of carbonyl (C=O) groups excluding carboxylic acids is 1. The third-order valence-corrected chi connectivity index (χ3v) is 3.60. The average Bonchev–Trinajstić information content (AvgIpc) is 3.08. The van der Waals surface area contributed by atoms with Crippen molar-refractivity contribution in [2.45, 2.75) is 6.42 Å². The van der Waals surface area contributed by atoms with Gasteiger partial charge in [0, 0.05) is 18.0 Å². The van der Waals surface area contributed by atoms with E-state index in [-0.39, 0.29) is 12.2 Å². The first-order valence-electron chi connectivity index (χ1n) is 7.80. The van der Waals surface area contributed by atoms with Crippen molar-refractivity contribution < 1.29 is 18.3 Å². The van der Waals surface area contributed by atoms with Gasteiger partial charge in [0.1, 0.15) is 11.6 Å². The zero-order valence-corrected chi connectivity index (χ0v) is 13.4. The fourth-order valence-electron chi connectivity index (χ4n) is 2.42. The van der Waals surface area contributed by atoms with Crippen molar-refractivity contribution in [3.63, 3.8) is 0 Å². The lowest BCUT2D eigenvalue weighted by Crippen LogP contribution is -2.12. The molecule has 3 aromatic heterocycles. The number of ether oxygens (including phenoxy) is 1. The number of fused-ring (bicyclic) bond motifs is 1. The van der Waals surface area contributed by atoms with E-state index in [4.69, 9.17) is 9.15 Å². The number of hydrogen-bond donors (Lipinski definition) is 0. The van der Waals surface area contributed by atoms with Gasteiger partial charge in [0.05, 0.1) is 12.1 Å². The second kappa shape index (κ2) is 6.72. The van der Waals surface area contributed by atoms with Crippen molar-refractivity contribution in [1.82, 2.24) is 15.0 Å². The number of halogens is 1. The van der Waals surface area contributed by atoms with Crippen molar-refractivity contribution in [3.8, 4) is 17.2 Å². The Hall–Kier alpha value is -3.61. The minimum atomic E-state index is -0.500. The third-order valence-electron chi connectivity index (χ3n) is 3.60. The highest BCUT2D eigenvalue weighted by Crippen LogP contribution is 2.23. The van der Waals surface area contributed by atoms with Gasteiger partial charge in [-0.2, -0.15) is 4.98 Å². The number of esters is 1. The lowest BCUT2D eigenvalue weighted by Gasteiger charge is -2.04. The Bertz CT molecular complexity index is 1040.